The molecule has 1 aromatic rings. The molecule has 0 saturated heterocycles. The van der Waals surface area contributed by atoms with Crippen molar-refractivity contribution in [3.63, 3.8) is 0 Å². The van der Waals surface area contributed by atoms with E-state index in [4.69, 9.17) is 9.84 Å². The average molecular weight is 369 g/mol. The zero-order chi connectivity index (χ0) is 19.4. The summed E-state index contributed by atoms with van der Waals surface area (Å²) in [4.78, 5) is 35.9. The Kier molecular flexibility index (Phi) is 5.72. The number of nitro groups is 1. The number of carbonyl (C=O) groups is 2. The molecule has 0 radical (unpaired) electrons. The number of hydrogen-bond donors (Lipinski definition) is 2. The van der Waals surface area contributed by atoms with Crippen LogP contribution in [0.4, 0.5) is 15.8 Å². The van der Waals surface area contributed by atoms with Gasteiger partial charge < -0.3 is 24.8 Å². The fraction of sp³-hybridized carbons (Fsp3) is 0.333. The lowest BCUT2D eigenvalue weighted by Crippen LogP contribution is -2.31. The molecule has 0 fully saturated rings. The Balaban J connectivity index is 2.49. The fourth-order valence-electron chi connectivity index (χ4n) is 2.43. The molecule has 26 heavy (non-hydrogen) atoms. The van der Waals surface area contributed by atoms with Crippen LogP contribution in [0.15, 0.2) is 23.4 Å². The van der Waals surface area contributed by atoms with Gasteiger partial charge in [-0.3, -0.25) is 14.9 Å². The van der Waals surface area contributed by atoms with Crippen LogP contribution in [0.2, 0.25) is 0 Å². The second-order valence-corrected chi connectivity index (χ2v) is 5.18. The van der Waals surface area contributed by atoms with Crippen molar-refractivity contribution in [3.8, 4) is 5.75 Å². The summed E-state index contributed by atoms with van der Waals surface area (Å²) >= 11 is 0. The minimum Gasteiger partial charge on any atom is -0.493 e. The van der Waals surface area contributed by atoms with Gasteiger partial charge in [0.2, 0.25) is 0 Å². The van der Waals surface area contributed by atoms with Gasteiger partial charge in [-0.05, 0) is 0 Å². The van der Waals surface area contributed by atoms with E-state index in [9.17, 15) is 24.1 Å². The summed E-state index contributed by atoms with van der Waals surface area (Å²) in [6.07, 6.45) is 0. The number of nitrogens with one attached hydrogen (secondary N) is 1. The maximum absolute atomic E-state index is 14.0. The minimum absolute atomic E-state index is 0.0520. The van der Waals surface area contributed by atoms with E-state index >= 15 is 0 Å². The quantitative estimate of drug-likeness (QED) is 0.401. The topological polar surface area (TPSA) is 131 Å². The highest BCUT2D eigenvalue weighted by molar-refractivity contribution is 6.08. The van der Waals surface area contributed by atoms with Gasteiger partial charge >= 0.3 is 5.97 Å². The first-order valence-corrected chi connectivity index (χ1v) is 7.34. The molecule has 2 rings (SSSR count). The number of methoxy groups -OCH3 is 2. The number of ether oxygens (including phenoxy) is 2. The molecule has 1 aliphatic rings. The Morgan fingerprint density at radius 3 is 2.69 bits per heavy atom. The lowest BCUT2D eigenvalue weighted by atomic mass is 10.2. The Bertz CT molecular complexity index is 794. The molecule has 10 nitrogen and oxygen atoms in total. The van der Waals surface area contributed by atoms with Crippen molar-refractivity contribution in [2.45, 2.75) is 0 Å². The number of rotatable bonds is 7. The molecule has 0 aromatic heterocycles. The number of hydrogen-bond acceptors (Lipinski definition) is 8. The molecule has 1 aromatic carbocycles. The molecule has 0 aliphatic carbocycles. The number of anilines is 1. The molecular formula is C15H16FN3O7. The van der Waals surface area contributed by atoms with E-state index in [-0.39, 0.29) is 42.4 Å². The molecule has 0 bridgehead atoms. The number of esters is 1. The maximum Gasteiger partial charge on any atom is 0.337 e. The fourth-order valence-corrected chi connectivity index (χ4v) is 2.43. The number of halogens is 1. The monoisotopic (exact) mass is 369 g/mol. The van der Waals surface area contributed by atoms with E-state index < -0.39 is 28.3 Å². The van der Waals surface area contributed by atoms with Gasteiger partial charge in [-0.2, -0.15) is 0 Å². The predicted octanol–water partition coefficient (Wildman–Crippen LogP) is 0.416. The first-order chi connectivity index (χ1) is 12.3. The van der Waals surface area contributed by atoms with Crippen molar-refractivity contribution in [1.82, 2.24) is 4.90 Å². The lowest BCUT2D eigenvalue weighted by Gasteiger charge is -2.15. The number of carbonyl (C=O) groups excluding carboxylic acids is 2. The number of aliphatic hydroxyl groups is 1. The Hall–Kier alpha value is -3.21. The molecular weight excluding hydrogens is 353 g/mol. The summed E-state index contributed by atoms with van der Waals surface area (Å²) in [5, 5.41) is 22.7. The molecule has 11 heteroatoms. The van der Waals surface area contributed by atoms with Crippen LogP contribution in [0.3, 0.4) is 0 Å². The summed E-state index contributed by atoms with van der Waals surface area (Å²) in [5.41, 5.74) is -1.24. The van der Waals surface area contributed by atoms with Crippen molar-refractivity contribution in [1.29, 1.82) is 0 Å². The summed E-state index contributed by atoms with van der Waals surface area (Å²) in [5.74, 6) is -2.73. The molecule has 0 atom stereocenters. The zero-order valence-corrected chi connectivity index (χ0v) is 13.9. The largest absolute Gasteiger partial charge is 0.493 e. The third-order valence-corrected chi connectivity index (χ3v) is 3.68. The molecule has 2 N–H and O–H groups in total. The Labute approximate surface area is 146 Å². The normalized spacial score (nSPS) is 13.8. The molecule has 1 amide bonds. The molecule has 0 saturated carbocycles. The summed E-state index contributed by atoms with van der Waals surface area (Å²) < 4.78 is 23.3. The van der Waals surface area contributed by atoms with Crippen LogP contribution in [-0.4, -0.2) is 60.7 Å². The van der Waals surface area contributed by atoms with Gasteiger partial charge in [-0.25, -0.2) is 9.18 Å². The van der Waals surface area contributed by atoms with Gasteiger partial charge in [0.1, 0.15) is 11.4 Å². The highest BCUT2D eigenvalue weighted by atomic mass is 19.1. The van der Waals surface area contributed by atoms with Gasteiger partial charge in [0, 0.05) is 12.6 Å². The van der Waals surface area contributed by atoms with Crippen LogP contribution >= 0.6 is 0 Å². The number of amides is 1. The lowest BCUT2D eigenvalue weighted by molar-refractivity contribution is -0.384. The van der Waals surface area contributed by atoms with Crippen LogP contribution in [0.25, 0.3) is 0 Å². The number of aliphatic hydroxyl groups excluding tert-OH is 1. The first-order valence-electron chi connectivity index (χ1n) is 7.34. The zero-order valence-electron chi connectivity index (χ0n) is 13.9. The van der Waals surface area contributed by atoms with Crippen molar-refractivity contribution < 1.29 is 33.5 Å². The molecule has 140 valence electrons. The highest BCUT2D eigenvalue weighted by Gasteiger charge is 2.35. The van der Waals surface area contributed by atoms with E-state index in [0.717, 1.165) is 31.3 Å². The SMILES string of the molecule is COC(=O)C1=C(Nc2cc(F)c(OC)cc2[N+](=O)[O-])C(=O)N(CCO)C1. The summed E-state index contributed by atoms with van der Waals surface area (Å²) in [6, 6.07) is 1.65. The second kappa shape index (κ2) is 7.78. The molecule has 1 aliphatic heterocycles. The number of benzene rings is 1. The summed E-state index contributed by atoms with van der Waals surface area (Å²) in [6.45, 7) is -0.546. The van der Waals surface area contributed by atoms with Crippen molar-refractivity contribution in [2.24, 2.45) is 0 Å². The smallest absolute Gasteiger partial charge is 0.337 e. The maximum atomic E-state index is 14.0. The van der Waals surface area contributed by atoms with E-state index in [1.54, 1.807) is 0 Å². The van der Waals surface area contributed by atoms with Crippen LogP contribution in [0.1, 0.15) is 0 Å². The average Bonchev–Trinajstić information content (AvgIpc) is 2.91. The third-order valence-electron chi connectivity index (χ3n) is 3.68. The standard InChI is InChI=1S/C15H16FN3O7/c1-25-12-6-11(19(23)24)10(5-9(12)16)17-13-8(15(22)26-2)7-18(3-4-20)14(13)21/h5-6,17,20H,3-4,7H2,1-2H3. The predicted molar refractivity (Wildman–Crippen MR) is 85.9 cm³/mol. The first kappa shape index (κ1) is 19.1. The van der Waals surface area contributed by atoms with Crippen LogP contribution in [0.5, 0.6) is 5.75 Å². The third kappa shape index (κ3) is 3.57. The molecule has 0 unspecified atom stereocenters. The van der Waals surface area contributed by atoms with Gasteiger partial charge in [0.25, 0.3) is 11.6 Å². The molecule has 1 heterocycles. The number of nitrogens with zero attached hydrogens (tertiary/aromatic N) is 2. The van der Waals surface area contributed by atoms with Gasteiger partial charge in [0.05, 0.1) is 43.9 Å². The van der Waals surface area contributed by atoms with Crippen molar-refractivity contribution in [2.75, 3.05) is 39.2 Å². The van der Waals surface area contributed by atoms with E-state index in [0.29, 0.717) is 0 Å². The molecule has 0 spiro atoms. The van der Waals surface area contributed by atoms with E-state index in [2.05, 4.69) is 10.1 Å². The van der Waals surface area contributed by atoms with Gasteiger partial charge in [-0.15, -0.1) is 0 Å². The second-order valence-electron chi connectivity index (χ2n) is 5.18. The van der Waals surface area contributed by atoms with E-state index in [1.807, 2.05) is 0 Å². The number of nitro benzene ring substituents is 1. The van der Waals surface area contributed by atoms with Crippen LogP contribution in [0, 0.1) is 15.9 Å². The van der Waals surface area contributed by atoms with Crippen LogP contribution in [-0.2, 0) is 14.3 Å². The highest BCUT2D eigenvalue weighted by Crippen LogP contribution is 2.34. The van der Waals surface area contributed by atoms with Crippen molar-refractivity contribution >= 4 is 23.3 Å². The van der Waals surface area contributed by atoms with Gasteiger partial charge in [-0.1, -0.05) is 0 Å². The van der Waals surface area contributed by atoms with Gasteiger partial charge in [0.15, 0.2) is 11.6 Å². The van der Waals surface area contributed by atoms with E-state index in [1.165, 1.54) is 0 Å². The summed E-state index contributed by atoms with van der Waals surface area (Å²) in [7, 11) is 2.27. The Morgan fingerprint density at radius 1 is 1.46 bits per heavy atom. The Morgan fingerprint density at radius 2 is 2.15 bits per heavy atom. The minimum atomic E-state index is -0.890. The number of β-amino-alcohol motifs (C(OH)–C–C–N with tert-alkyl or cyclic N) is 1. The van der Waals surface area contributed by atoms with Crippen molar-refractivity contribution in [3.05, 3.63) is 39.3 Å². The van der Waals surface area contributed by atoms with Crippen LogP contribution < -0.4 is 10.1 Å².